The summed E-state index contributed by atoms with van der Waals surface area (Å²) >= 11 is 1.61. The van der Waals surface area contributed by atoms with Crippen molar-refractivity contribution < 1.29 is 0 Å². The maximum atomic E-state index is 5.47. The van der Waals surface area contributed by atoms with Crippen LogP contribution in [-0.4, -0.2) is 15.0 Å². The first-order valence-electron chi connectivity index (χ1n) is 5.65. The van der Waals surface area contributed by atoms with Crippen LogP contribution in [-0.2, 0) is 6.54 Å². The van der Waals surface area contributed by atoms with Crippen LogP contribution in [0.4, 0.5) is 11.6 Å². The van der Waals surface area contributed by atoms with Gasteiger partial charge in [0.25, 0.3) is 0 Å². The maximum absolute atomic E-state index is 5.47. The Kier molecular flexibility index (Phi) is 4.06. The van der Waals surface area contributed by atoms with Gasteiger partial charge in [-0.3, -0.25) is 4.98 Å². The van der Waals surface area contributed by atoms with Gasteiger partial charge >= 0.3 is 0 Å². The number of nitrogens with zero attached hydrogens (tertiary/aromatic N) is 3. The Morgan fingerprint density at radius 1 is 1.33 bits per heavy atom. The molecule has 2 heterocycles. The number of rotatable bonds is 5. The van der Waals surface area contributed by atoms with Crippen molar-refractivity contribution in [3.63, 3.8) is 0 Å². The average Bonchev–Trinajstić information content (AvgIpc) is 2.88. The lowest BCUT2D eigenvalue weighted by Gasteiger charge is -2.15. The van der Waals surface area contributed by atoms with Gasteiger partial charge in [0.1, 0.15) is 18.0 Å². The van der Waals surface area contributed by atoms with E-state index in [4.69, 9.17) is 5.84 Å². The van der Waals surface area contributed by atoms with Gasteiger partial charge in [-0.2, -0.15) is 0 Å². The summed E-state index contributed by atoms with van der Waals surface area (Å²) in [6.45, 7) is 4.86. The highest BCUT2D eigenvalue weighted by molar-refractivity contribution is 7.09. The molecule has 0 atom stereocenters. The number of hydrogen-bond donors (Lipinski definition) is 3. The van der Waals surface area contributed by atoms with Crippen LogP contribution in [0.2, 0.25) is 0 Å². The number of nitrogens with two attached hydrogens (primary N) is 1. The fourth-order valence-electron chi connectivity index (χ4n) is 1.70. The number of anilines is 2. The lowest BCUT2D eigenvalue weighted by atomic mass is 10.0. The first-order valence-corrected chi connectivity index (χ1v) is 6.53. The summed E-state index contributed by atoms with van der Waals surface area (Å²) in [6.07, 6.45) is 3.34. The van der Waals surface area contributed by atoms with Gasteiger partial charge in [-0.05, 0) is 5.92 Å². The Morgan fingerprint density at radius 2 is 2.11 bits per heavy atom. The molecular weight excluding hydrogens is 248 g/mol. The summed E-state index contributed by atoms with van der Waals surface area (Å²) in [5, 5.41) is 3.30. The molecule has 0 spiro atoms. The summed E-state index contributed by atoms with van der Waals surface area (Å²) in [5.74, 6) is 7.22. The monoisotopic (exact) mass is 264 g/mol. The molecule has 0 aliphatic carbocycles. The van der Waals surface area contributed by atoms with E-state index in [1.165, 1.54) is 6.33 Å². The zero-order chi connectivity index (χ0) is 13.0. The second-order valence-corrected chi connectivity index (χ2v) is 5.08. The Morgan fingerprint density at radius 3 is 2.72 bits per heavy atom. The molecule has 0 amide bonds. The minimum absolute atomic E-state index is 0.279. The number of nitrogens with one attached hydrogen (secondary N) is 2. The predicted octanol–water partition coefficient (Wildman–Crippen LogP) is 1.95. The second-order valence-electron chi connectivity index (χ2n) is 4.10. The lowest BCUT2D eigenvalue weighted by molar-refractivity contribution is 0.845. The number of hydrazine groups is 1. The van der Waals surface area contributed by atoms with E-state index >= 15 is 0 Å². The van der Waals surface area contributed by atoms with Gasteiger partial charge < -0.3 is 10.7 Å². The molecule has 0 fully saturated rings. The molecular formula is C11H16N6S. The van der Waals surface area contributed by atoms with Crippen molar-refractivity contribution in [1.82, 2.24) is 15.0 Å². The molecule has 0 unspecified atom stereocenters. The van der Waals surface area contributed by atoms with E-state index in [-0.39, 0.29) is 5.92 Å². The van der Waals surface area contributed by atoms with E-state index in [1.807, 2.05) is 11.7 Å². The second kappa shape index (κ2) is 5.74. The highest BCUT2D eigenvalue weighted by Gasteiger charge is 2.14. The summed E-state index contributed by atoms with van der Waals surface area (Å²) in [4.78, 5) is 13.6. The number of nitrogen functional groups attached to an aromatic ring is 1. The zero-order valence-corrected chi connectivity index (χ0v) is 11.2. The van der Waals surface area contributed by atoms with Crippen molar-refractivity contribution in [3.8, 4) is 0 Å². The number of aromatic nitrogens is 3. The van der Waals surface area contributed by atoms with Gasteiger partial charge in [-0.1, -0.05) is 13.8 Å². The van der Waals surface area contributed by atoms with Crippen molar-refractivity contribution in [3.05, 3.63) is 28.5 Å². The third-order valence-electron chi connectivity index (χ3n) is 2.51. The minimum atomic E-state index is 0.279. The van der Waals surface area contributed by atoms with E-state index in [1.54, 1.807) is 11.3 Å². The van der Waals surface area contributed by atoms with Crippen molar-refractivity contribution in [2.24, 2.45) is 5.84 Å². The van der Waals surface area contributed by atoms with Gasteiger partial charge in [0.05, 0.1) is 12.1 Å². The van der Waals surface area contributed by atoms with Gasteiger partial charge in [0.2, 0.25) is 0 Å². The Bertz CT molecular complexity index is 496. The fraction of sp³-hybridized carbons (Fsp3) is 0.364. The highest BCUT2D eigenvalue weighted by Crippen LogP contribution is 2.28. The molecule has 7 heteroatoms. The van der Waals surface area contributed by atoms with E-state index in [0.29, 0.717) is 12.4 Å². The van der Waals surface area contributed by atoms with Crippen LogP contribution in [0.15, 0.2) is 18.0 Å². The molecule has 0 bridgehead atoms. The van der Waals surface area contributed by atoms with Crippen LogP contribution in [0.3, 0.4) is 0 Å². The van der Waals surface area contributed by atoms with E-state index in [2.05, 4.69) is 39.5 Å². The topological polar surface area (TPSA) is 88.8 Å². The summed E-state index contributed by atoms with van der Waals surface area (Å²) in [6, 6.07) is 0. The SMILES string of the molecule is CC(C)c1c(NN)ncnc1NCc1cncs1. The van der Waals surface area contributed by atoms with Crippen molar-refractivity contribution in [2.75, 3.05) is 10.7 Å². The molecule has 0 saturated carbocycles. The molecule has 0 aliphatic heterocycles. The van der Waals surface area contributed by atoms with Gasteiger partial charge in [0, 0.05) is 16.6 Å². The van der Waals surface area contributed by atoms with Crippen LogP contribution in [0.1, 0.15) is 30.2 Å². The van der Waals surface area contributed by atoms with Crippen molar-refractivity contribution in [1.29, 1.82) is 0 Å². The molecule has 18 heavy (non-hydrogen) atoms. The predicted molar refractivity (Wildman–Crippen MR) is 73.4 cm³/mol. The van der Waals surface area contributed by atoms with Crippen molar-refractivity contribution >= 4 is 23.0 Å². The standard InChI is InChI=1S/C11H16N6S/c1-7(2)9-10(15-5-16-11(9)17-12)14-4-8-3-13-6-18-8/h3,5-7H,4,12H2,1-2H3,(H2,14,15,16,17). The summed E-state index contributed by atoms with van der Waals surface area (Å²) in [7, 11) is 0. The Balaban J connectivity index is 2.21. The summed E-state index contributed by atoms with van der Waals surface area (Å²) in [5.41, 5.74) is 5.41. The van der Waals surface area contributed by atoms with Crippen LogP contribution in [0.25, 0.3) is 0 Å². The van der Waals surface area contributed by atoms with Crippen LogP contribution >= 0.6 is 11.3 Å². The molecule has 0 saturated heterocycles. The van der Waals surface area contributed by atoms with Gasteiger partial charge in [0.15, 0.2) is 0 Å². The first kappa shape index (κ1) is 12.7. The van der Waals surface area contributed by atoms with E-state index in [0.717, 1.165) is 16.3 Å². The maximum Gasteiger partial charge on any atom is 0.148 e. The van der Waals surface area contributed by atoms with Gasteiger partial charge in [-0.25, -0.2) is 15.8 Å². The third-order valence-corrected chi connectivity index (χ3v) is 3.29. The Hall–Kier alpha value is -1.73. The smallest absolute Gasteiger partial charge is 0.148 e. The number of hydrogen-bond acceptors (Lipinski definition) is 7. The molecule has 2 aromatic rings. The molecule has 0 aliphatic rings. The minimum Gasteiger partial charge on any atom is -0.365 e. The van der Waals surface area contributed by atoms with Crippen LogP contribution < -0.4 is 16.6 Å². The summed E-state index contributed by atoms with van der Waals surface area (Å²) < 4.78 is 0. The molecule has 0 aromatic carbocycles. The third kappa shape index (κ3) is 2.74. The lowest BCUT2D eigenvalue weighted by Crippen LogP contribution is -2.14. The zero-order valence-electron chi connectivity index (χ0n) is 10.3. The largest absolute Gasteiger partial charge is 0.365 e. The molecule has 2 aromatic heterocycles. The van der Waals surface area contributed by atoms with Crippen molar-refractivity contribution in [2.45, 2.75) is 26.3 Å². The molecule has 0 radical (unpaired) electrons. The number of thiazole rings is 1. The van der Waals surface area contributed by atoms with Crippen LogP contribution in [0.5, 0.6) is 0 Å². The normalized spacial score (nSPS) is 10.7. The molecule has 4 N–H and O–H groups in total. The van der Waals surface area contributed by atoms with E-state index < -0.39 is 0 Å². The molecule has 96 valence electrons. The molecule has 6 nitrogen and oxygen atoms in total. The highest BCUT2D eigenvalue weighted by atomic mass is 32.1. The molecule has 2 rings (SSSR count). The van der Waals surface area contributed by atoms with Gasteiger partial charge in [-0.15, -0.1) is 11.3 Å². The first-order chi connectivity index (χ1) is 8.72. The average molecular weight is 264 g/mol. The fourth-order valence-corrected chi connectivity index (χ4v) is 2.23. The quantitative estimate of drug-likeness (QED) is 0.565. The Labute approximate surface area is 110 Å². The van der Waals surface area contributed by atoms with Crippen LogP contribution in [0, 0.1) is 0 Å². The van der Waals surface area contributed by atoms with E-state index in [9.17, 15) is 0 Å².